The zero-order chi connectivity index (χ0) is 47.8. The number of aromatic nitrogens is 1. The number of hydrogen-bond donors (Lipinski definition) is 4. The minimum Gasteiger partial charge on any atom is -0.508 e. The number of benzene rings is 4. The van der Waals surface area contributed by atoms with Gasteiger partial charge in [-0.1, -0.05) is 93.6 Å². The fraction of sp³-hybridized carbons (Fsp3) is 0.444. The molecule has 360 valence electrons. The fourth-order valence-electron chi connectivity index (χ4n) is 9.92. The smallest absolute Gasteiger partial charge is 0.246 e. The average molecular weight is 943 g/mol. The van der Waals surface area contributed by atoms with Crippen molar-refractivity contribution in [2.45, 2.75) is 83.5 Å². The molecule has 68 heavy (non-hydrogen) atoms. The molecule has 5 aromatic rings. The standard InChI is InChI=1S/C54H66N6O7S/c1-36-50(68-35-56-36)40-12-10-37(11-13-40)32-55-52(64)47-31-43(62)33-60(47)53(65)51(54(2,3)4)57-48(63)34-66-28-26-58-22-24-59(25-23-58)27-29-67-44-18-14-39(15-19-44)49-45(38-8-6-5-7-9-38)20-16-41-30-42(61)17-21-46(41)49/h5-15,17-19,21,30,35,43,45,47,49,51,61-62H,16,20,22-29,31-34H2,1-4H3,(H,55,64)(H,57,63)/t43-,45?,47+,49?,51-/m1/s1. The number of phenols is 1. The first-order valence-electron chi connectivity index (χ1n) is 24.0. The topological polar surface area (TPSA) is 157 Å². The monoisotopic (exact) mass is 942 g/mol. The highest BCUT2D eigenvalue weighted by Crippen LogP contribution is 2.47. The van der Waals surface area contributed by atoms with Crippen molar-refractivity contribution in [1.29, 1.82) is 0 Å². The van der Waals surface area contributed by atoms with Crippen molar-refractivity contribution >= 4 is 29.1 Å². The third-order valence-electron chi connectivity index (χ3n) is 13.7. The minimum atomic E-state index is -0.928. The summed E-state index contributed by atoms with van der Waals surface area (Å²) in [7, 11) is 0. The molecule has 4 N–H and O–H groups in total. The molecule has 0 spiro atoms. The molecule has 3 amide bonds. The molecule has 14 heteroatoms. The van der Waals surface area contributed by atoms with E-state index in [9.17, 15) is 24.6 Å². The number of aryl methyl sites for hydroxylation is 2. The lowest BCUT2D eigenvalue weighted by Crippen LogP contribution is -2.58. The third kappa shape index (κ3) is 12.1. The Morgan fingerprint density at radius 2 is 1.59 bits per heavy atom. The van der Waals surface area contributed by atoms with Crippen LogP contribution in [0.2, 0.25) is 0 Å². The number of carbonyl (C=O) groups excluding carboxylic acids is 3. The number of nitrogens with zero attached hydrogens (tertiary/aromatic N) is 4. The van der Waals surface area contributed by atoms with Gasteiger partial charge in [-0.05, 0) is 88.7 Å². The van der Waals surface area contributed by atoms with E-state index in [0.717, 1.165) is 73.0 Å². The van der Waals surface area contributed by atoms with Crippen LogP contribution < -0.4 is 15.4 Å². The number of carbonyl (C=O) groups is 3. The second-order valence-electron chi connectivity index (χ2n) is 19.5. The van der Waals surface area contributed by atoms with Crippen molar-refractivity contribution in [2.75, 3.05) is 65.6 Å². The number of ether oxygens (including phenoxy) is 2. The van der Waals surface area contributed by atoms with Gasteiger partial charge < -0.3 is 35.2 Å². The molecule has 0 saturated carbocycles. The maximum atomic E-state index is 14.1. The van der Waals surface area contributed by atoms with Crippen LogP contribution in [0, 0.1) is 12.3 Å². The van der Waals surface area contributed by atoms with Crippen LogP contribution in [0.4, 0.5) is 0 Å². The summed E-state index contributed by atoms with van der Waals surface area (Å²) in [5, 5.41) is 26.6. The van der Waals surface area contributed by atoms with E-state index >= 15 is 0 Å². The highest BCUT2D eigenvalue weighted by atomic mass is 32.1. The predicted molar refractivity (Wildman–Crippen MR) is 265 cm³/mol. The molecule has 2 unspecified atom stereocenters. The molecule has 4 aromatic carbocycles. The Kier molecular flexibility index (Phi) is 15.9. The number of amides is 3. The van der Waals surface area contributed by atoms with E-state index in [-0.39, 0.29) is 37.9 Å². The lowest BCUT2D eigenvalue weighted by atomic mass is 9.69. The summed E-state index contributed by atoms with van der Waals surface area (Å²) >= 11 is 1.58. The number of hydrogen-bond acceptors (Lipinski definition) is 11. The molecular formula is C54H66N6O7S. The van der Waals surface area contributed by atoms with Crippen LogP contribution in [0.1, 0.15) is 79.0 Å². The number of β-amino-alcohol motifs (C(OH)–C–C–N with tert-alkyl or cyclic N) is 1. The molecule has 8 rings (SSSR count). The molecule has 2 aliphatic heterocycles. The van der Waals surface area contributed by atoms with Crippen LogP contribution in [0.15, 0.2) is 103 Å². The number of aromatic hydroxyl groups is 1. The largest absolute Gasteiger partial charge is 0.508 e. The van der Waals surface area contributed by atoms with Gasteiger partial charge in [-0.2, -0.15) is 0 Å². The first-order valence-corrected chi connectivity index (χ1v) is 24.9. The zero-order valence-electron chi connectivity index (χ0n) is 39.7. The summed E-state index contributed by atoms with van der Waals surface area (Å²) in [5.41, 5.74) is 9.17. The van der Waals surface area contributed by atoms with Crippen LogP contribution in [0.25, 0.3) is 10.4 Å². The van der Waals surface area contributed by atoms with Gasteiger partial charge in [0.15, 0.2) is 0 Å². The summed E-state index contributed by atoms with van der Waals surface area (Å²) in [6.45, 7) is 13.7. The molecular weight excluding hydrogens is 877 g/mol. The Bertz CT molecular complexity index is 2470. The Labute approximate surface area is 404 Å². The summed E-state index contributed by atoms with van der Waals surface area (Å²) < 4.78 is 12.0. The van der Waals surface area contributed by atoms with Gasteiger partial charge in [0.2, 0.25) is 17.7 Å². The second kappa shape index (κ2) is 22.2. The summed E-state index contributed by atoms with van der Waals surface area (Å²) in [6.07, 6.45) is 1.23. The van der Waals surface area contributed by atoms with E-state index in [1.54, 1.807) is 17.4 Å². The van der Waals surface area contributed by atoms with Gasteiger partial charge in [0.05, 0.1) is 28.8 Å². The van der Waals surface area contributed by atoms with E-state index in [4.69, 9.17) is 9.47 Å². The SMILES string of the molecule is Cc1ncsc1-c1ccc(CNC(=O)[C@@H]2C[C@@H](O)CN2C(=O)[C@@H](NC(=O)COCCN2CCN(CCOc3ccc(C4c5ccc(O)cc5CCC4c4ccccc4)cc3)CC2)C(C)(C)C)cc1. The molecule has 0 bridgehead atoms. The average Bonchev–Trinajstić information content (AvgIpc) is 3.96. The van der Waals surface area contributed by atoms with Gasteiger partial charge in [0, 0.05) is 64.7 Å². The Morgan fingerprint density at radius 3 is 2.26 bits per heavy atom. The lowest BCUT2D eigenvalue weighted by Gasteiger charge is -2.35. The molecule has 1 aromatic heterocycles. The quantitative estimate of drug-likeness (QED) is 0.0759. The van der Waals surface area contributed by atoms with Crippen LogP contribution in [0.3, 0.4) is 0 Å². The number of aliphatic hydroxyl groups is 1. The van der Waals surface area contributed by atoms with E-state index in [1.165, 1.54) is 27.2 Å². The van der Waals surface area contributed by atoms with Gasteiger partial charge in [-0.3, -0.25) is 24.2 Å². The number of thiazole rings is 1. The number of rotatable bonds is 17. The molecule has 0 radical (unpaired) electrons. The van der Waals surface area contributed by atoms with E-state index in [0.29, 0.717) is 31.4 Å². The second-order valence-corrected chi connectivity index (χ2v) is 20.4. The Morgan fingerprint density at radius 1 is 0.882 bits per heavy atom. The minimum absolute atomic E-state index is 0.00779. The highest BCUT2D eigenvalue weighted by Gasteiger charge is 2.44. The molecule has 2 fully saturated rings. The summed E-state index contributed by atoms with van der Waals surface area (Å²) in [5.74, 6) is 0.546. The fourth-order valence-corrected chi connectivity index (χ4v) is 10.7. The maximum Gasteiger partial charge on any atom is 0.246 e. The number of phenolic OH excluding ortho intramolecular Hbond substituents is 1. The van der Waals surface area contributed by atoms with Crippen molar-refractivity contribution in [3.63, 3.8) is 0 Å². The van der Waals surface area contributed by atoms with Gasteiger partial charge in [-0.15, -0.1) is 11.3 Å². The van der Waals surface area contributed by atoms with Crippen LogP contribution in [-0.2, 0) is 32.1 Å². The summed E-state index contributed by atoms with van der Waals surface area (Å²) in [6, 6.07) is 31.2. The number of nitrogens with one attached hydrogen (secondary N) is 2. The maximum absolute atomic E-state index is 14.1. The van der Waals surface area contributed by atoms with Crippen molar-refractivity contribution in [3.8, 4) is 21.9 Å². The molecule has 3 heterocycles. The van der Waals surface area contributed by atoms with Gasteiger partial charge in [0.25, 0.3) is 0 Å². The molecule has 3 aliphatic rings. The van der Waals surface area contributed by atoms with E-state index in [1.807, 2.05) is 63.5 Å². The normalized spacial score (nSPS) is 20.4. The van der Waals surface area contributed by atoms with Crippen LogP contribution in [0.5, 0.6) is 11.5 Å². The highest BCUT2D eigenvalue weighted by molar-refractivity contribution is 7.13. The Hall–Kier alpha value is -5.64. The number of aliphatic hydroxyl groups excluding tert-OH is 1. The van der Waals surface area contributed by atoms with Gasteiger partial charge in [0.1, 0.15) is 36.8 Å². The number of fused-ring (bicyclic) bond motifs is 1. The van der Waals surface area contributed by atoms with E-state index in [2.05, 4.69) is 86.1 Å². The van der Waals surface area contributed by atoms with Gasteiger partial charge in [-0.25, -0.2) is 4.98 Å². The summed E-state index contributed by atoms with van der Waals surface area (Å²) in [4.78, 5) is 52.3. The molecule has 13 nitrogen and oxygen atoms in total. The van der Waals surface area contributed by atoms with Crippen LogP contribution in [-0.4, -0.2) is 131 Å². The Balaban J connectivity index is 0.741. The first-order chi connectivity index (χ1) is 32.8. The predicted octanol–water partition coefficient (Wildman–Crippen LogP) is 6.51. The third-order valence-corrected chi connectivity index (χ3v) is 14.7. The van der Waals surface area contributed by atoms with Crippen LogP contribution >= 0.6 is 11.3 Å². The zero-order valence-corrected chi connectivity index (χ0v) is 40.6. The number of piperazine rings is 1. The first kappa shape index (κ1) is 48.8. The van der Waals surface area contributed by atoms with Gasteiger partial charge >= 0.3 is 0 Å². The van der Waals surface area contributed by atoms with Crippen molar-refractivity contribution in [1.82, 2.24) is 30.3 Å². The number of likely N-dealkylation sites (tertiary alicyclic amines) is 1. The molecule has 5 atom stereocenters. The molecule has 2 saturated heterocycles. The lowest BCUT2D eigenvalue weighted by molar-refractivity contribution is -0.144. The van der Waals surface area contributed by atoms with Crippen molar-refractivity contribution in [3.05, 3.63) is 136 Å². The molecule has 1 aliphatic carbocycles. The van der Waals surface area contributed by atoms with Crippen molar-refractivity contribution < 1.29 is 34.1 Å². The van der Waals surface area contributed by atoms with E-state index < -0.39 is 35.4 Å². The van der Waals surface area contributed by atoms with Crippen molar-refractivity contribution in [2.24, 2.45) is 5.41 Å².